The van der Waals surface area contributed by atoms with E-state index < -0.39 is 11.7 Å². The molecule has 138 valence electrons. The minimum atomic E-state index is -4.46. The van der Waals surface area contributed by atoms with Gasteiger partial charge in [-0.1, -0.05) is 11.3 Å². The number of aromatic nitrogens is 3. The smallest absolute Gasteiger partial charge is 0.396 e. The fourth-order valence-corrected chi connectivity index (χ4v) is 4.07. The van der Waals surface area contributed by atoms with E-state index in [1.165, 1.54) is 23.0 Å². The Morgan fingerprint density at radius 3 is 2.81 bits per heavy atom. The Morgan fingerprint density at radius 2 is 2.12 bits per heavy atom. The summed E-state index contributed by atoms with van der Waals surface area (Å²) in [7, 11) is 0. The molecule has 1 aromatic carbocycles. The summed E-state index contributed by atoms with van der Waals surface area (Å²) < 4.78 is 39.7. The first-order valence-electron chi connectivity index (χ1n) is 8.42. The molecule has 1 aromatic heterocycles. The van der Waals surface area contributed by atoms with Crippen LogP contribution in [0.25, 0.3) is 5.69 Å². The summed E-state index contributed by atoms with van der Waals surface area (Å²) >= 11 is 0. The highest BCUT2D eigenvalue weighted by atomic mass is 19.4. The van der Waals surface area contributed by atoms with Crippen molar-refractivity contribution in [1.29, 1.82) is 0 Å². The van der Waals surface area contributed by atoms with Gasteiger partial charge >= 0.3 is 6.18 Å². The van der Waals surface area contributed by atoms with Gasteiger partial charge in [-0.05, 0) is 37.5 Å². The fourth-order valence-electron chi connectivity index (χ4n) is 4.07. The van der Waals surface area contributed by atoms with E-state index in [0.717, 1.165) is 31.4 Å². The van der Waals surface area contributed by atoms with E-state index in [1.807, 2.05) is 0 Å². The Labute approximate surface area is 147 Å². The van der Waals surface area contributed by atoms with E-state index in [4.69, 9.17) is 0 Å². The lowest BCUT2D eigenvalue weighted by molar-refractivity contribution is -0.137. The van der Waals surface area contributed by atoms with Crippen LogP contribution in [0.1, 0.15) is 35.3 Å². The number of alkyl halides is 3. The Kier molecular flexibility index (Phi) is 3.98. The van der Waals surface area contributed by atoms with Crippen molar-refractivity contribution >= 4 is 5.91 Å². The third-order valence-corrected chi connectivity index (χ3v) is 5.28. The first kappa shape index (κ1) is 17.0. The number of carbonyl (C=O) groups excluding carboxylic acids is 1. The van der Waals surface area contributed by atoms with Crippen molar-refractivity contribution in [2.75, 3.05) is 6.61 Å². The molecule has 6 nitrogen and oxygen atoms in total. The normalized spacial score (nSPS) is 25.1. The summed E-state index contributed by atoms with van der Waals surface area (Å²) in [5.41, 5.74) is -0.511. The number of halogens is 3. The highest BCUT2D eigenvalue weighted by Crippen LogP contribution is 2.42. The molecule has 0 radical (unpaired) electrons. The molecule has 0 spiro atoms. The number of benzene rings is 1. The molecule has 0 aliphatic carbocycles. The van der Waals surface area contributed by atoms with Gasteiger partial charge in [-0.25, -0.2) is 4.68 Å². The lowest BCUT2D eigenvalue weighted by atomic mass is 9.90. The van der Waals surface area contributed by atoms with Crippen LogP contribution in [-0.4, -0.2) is 49.6 Å². The van der Waals surface area contributed by atoms with Gasteiger partial charge in [-0.3, -0.25) is 4.79 Å². The van der Waals surface area contributed by atoms with Crippen LogP contribution >= 0.6 is 0 Å². The van der Waals surface area contributed by atoms with Crippen molar-refractivity contribution < 1.29 is 23.1 Å². The molecule has 2 aliphatic rings. The summed E-state index contributed by atoms with van der Waals surface area (Å²) in [6.07, 6.45) is -0.584. The number of fused-ring (bicyclic) bond motifs is 2. The SMILES string of the molecule is O=C(c1cn(-c2cccc(C(F)(F)F)c2)nn1)N1[C@H]2CC[C@H]1[C@H](CO)C2. The first-order chi connectivity index (χ1) is 12.4. The standard InChI is InChI=1S/C17H17F3N4O2/c18-17(19,20)11-2-1-3-12(7-11)23-8-14(21-22-23)16(26)24-13-4-5-15(24)10(6-13)9-25/h1-3,7-8,10,13,15,25H,4-6,9H2/t10-,13-,15-/m0/s1. The minimum absolute atomic E-state index is 0.00351. The minimum Gasteiger partial charge on any atom is -0.396 e. The predicted molar refractivity (Wildman–Crippen MR) is 84.5 cm³/mol. The van der Waals surface area contributed by atoms with Crippen LogP contribution in [0.3, 0.4) is 0 Å². The van der Waals surface area contributed by atoms with E-state index in [2.05, 4.69) is 10.3 Å². The molecule has 1 amide bonds. The van der Waals surface area contributed by atoms with Gasteiger partial charge in [0.2, 0.25) is 0 Å². The molecule has 3 atom stereocenters. The Balaban J connectivity index is 1.58. The van der Waals surface area contributed by atoms with Gasteiger partial charge in [0.05, 0.1) is 17.4 Å². The van der Waals surface area contributed by atoms with E-state index in [0.29, 0.717) is 0 Å². The van der Waals surface area contributed by atoms with Crippen molar-refractivity contribution in [2.24, 2.45) is 5.92 Å². The zero-order valence-corrected chi connectivity index (χ0v) is 13.7. The fraction of sp³-hybridized carbons (Fsp3) is 0.471. The Bertz CT molecular complexity index is 835. The van der Waals surface area contributed by atoms with Gasteiger partial charge in [-0.15, -0.1) is 5.10 Å². The van der Waals surface area contributed by atoms with Crippen molar-refractivity contribution in [3.05, 3.63) is 41.7 Å². The van der Waals surface area contributed by atoms with Crippen molar-refractivity contribution in [1.82, 2.24) is 19.9 Å². The highest BCUT2D eigenvalue weighted by molar-refractivity contribution is 5.93. The van der Waals surface area contributed by atoms with Crippen LogP contribution in [0.5, 0.6) is 0 Å². The lowest BCUT2D eigenvalue weighted by Gasteiger charge is -2.22. The number of hydrogen-bond donors (Lipinski definition) is 1. The third-order valence-electron chi connectivity index (χ3n) is 5.28. The average molecular weight is 366 g/mol. The highest BCUT2D eigenvalue weighted by Gasteiger charge is 2.48. The second kappa shape index (κ2) is 6.08. The zero-order chi connectivity index (χ0) is 18.5. The molecule has 2 aromatic rings. The van der Waals surface area contributed by atoms with Gasteiger partial charge in [0.15, 0.2) is 5.69 Å². The number of hydrogen-bond acceptors (Lipinski definition) is 4. The molecule has 3 heterocycles. The van der Waals surface area contributed by atoms with Gasteiger partial charge < -0.3 is 10.0 Å². The average Bonchev–Trinajstić information content (AvgIpc) is 3.34. The number of rotatable bonds is 3. The molecule has 2 saturated heterocycles. The van der Waals surface area contributed by atoms with E-state index >= 15 is 0 Å². The number of amides is 1. The molecule has 2 aliphatic heterocycles. The second-order valence-electron chi connectivity index (χ2n) is 6.79. The summed E-state index contributed by atoms with van der Waals surface area (Å²) in [4.78, 5) is 14.5. The van der Waals surface area contributed by atoms with Crippen molar-refractivity contribution in [2.45, 2.75) is 37.5 Å². The predicted octanol–water partition coefficient (Wildman–Crippen LogP) is 2.27. The monoisotopic (exact) mass is 366 g/mol. The van der Waals surface area contributed by atoms with E-state index in [9.17, 15) is 23.1 Å². The van der Waals surface area contributed by atoms with Crippen LogP contribution in [0.2, 0.25) is 0 Å². The molecular weight excluding hydrogens is 349 g/mol. The third kappa shape index (κ3) is 2.76. The molecule has 1 N–H and O–H groups in total. The molecule has 9 heteroatoms. The largest absolute Gasteiger partial charge is 0.416 e. The second-order valence-corrected chi connectivity index (χ2v) is 6.79. The molecule has 2 bridgehead atoms. The lowest BCUT2D eigenvalue weighted by Crippen LogP contribution is -2.37. The van der Waals surface area contributed by atoms with Crippen LogP contribution in [-0.2, 0) is 6.18 Å². The summed E-state index contributed by atoms with van der Waals surface area (Å²) in [5, 5.41) is 17.1. The number of aliphatic hydroxyl groups excluding tert-OH is 1. The molecule has 4 rings (SSSR count). The summed E-state index contributed by atoms with van der Waals surface area (Å²) in [6, 6.07) is 4.78. The van der Waals surface area contributed by atoms with Crippen LogP contribution < -0.4 is 0 Å². The molecular formula is C17H17F3N4O2. The Hall–Kier alpha value is -2.42. The quantitative estimate of drug-likeness (QED) is 0.905. The van der Waals surface area contributed by atoms with Gasteiger partial charge in [0.1, 0.15) is 0 Å². The topological polar surface area (TPSA) is 71.2 Å². The maximum Gasteiger partial charge on any atom is 0.416 e. The van der Waals surface area contributed by atoms with Gasteiger partial charge in [0, 0.05) is 24.6 Å². The number of aliphatic hydroxyl groups is 1. The van der Waals surface area contributed by atoms with E-state index in [1.54, 1.807) is 4.90 Å². The molecule has 0 unspecified atom stereocenters. The molecule has 0 saturated carbocycles. The van der Waals surface area contributed by atoms with Crippen LogP contribution in [0.15, 0.2) is 30.5 Å². The zero-order valence-electron chi connectivity index (χ0n) is 13.7. The van der Waals surface area contributed by atoms with Crippen molar-refractivity contribution in [3.63, 3.8) is 0 Å². The molecule has 2 fully saturated rings. The maximum atomic E-state index is 12.9. The van der Waals surface area contributed by atoms with Gasteiger partial charge in [-0.2, -0.15) is 13.2 Å². The maximum absolute atomic E-state index is 12.9. The van der Waals surface area contributed by atoms with Gasteiger partial charge in [0.25, 0.3) is 5.91 Å². The molecule has 26 heavy (non-hydrogen) atoms. The van der Waals surface area contributed by atoms with E-state index in [-0.39, 0.29) is 41.9 Å². The van der Waals surface area contributed by atoms with Crippen LogP contribution in [0.4, 0.5) is 13.2 Å². The van der Waals surface area contributed by atoms with Crippen LogP contribution in [0, 0.1) is 5.92 Å². The first-order valence-corrected chi connectivity index (χ1v) is 8.42. The Morgan fingerprint density at radius 1 is 1.31 bits per heavy atom. The number of carbonyl (C=O) groups is 1. The summed E-state index contributed by atoms with van der Waals surface area (Å²) in [5.74, 6) is -0.206. The summed E-state index contributed by atoms with van der Waals surface area (Å²) in [6.45, 7) is 0.0435. The van der Waals surface area contributed by atoms with Crippen molar-refractivity contribution in [3.8, 4) is 5.69 Å². The number of nitrogens with zero attached hydrogens (tertiary/aromatic N) is 4.